The molecule has 2 fully saturated rings. The van der Waals surface area contributed by atoms with E-state index in [-0.39, 0.29) is 23.8 Å². The van der Waals surface area contributed by atoms with Crippen LogP contribution in [0, 0.1) is 11.7 Å². The predicted octanol–water partition coefficient (Wildman–Crippen LogP) is 3.05. The summed E-state index contributed by atoms with van der Waals surface area (Å²) in [5.74, 6) is -0.211. The van der Waals surface area contributed by atoms with Crippen LogP contribution < -0.4 is 0 Å². The van der Waals surface area contributed by atoms with E-state index in [0.29, 0.717) is 23.5 Å². The van der Waals surface area contributed by atoms with Gasteiger partial charge in [0.15, 0.2) is 0 Å². The van der Waals surface area contributed by atoms with E-state index in [4.69, 9.17) is 0 Å². The zero-order valence-electron chi connectivity index (χ0n) is 14.3. The third kappa shape index (κ3) is 3.23. The third-order valence-electron chi connectivity index (χ3n) is 5.33. The van der Waals surface area contributed by atoms with Crippen molar-refractivity contribution in [3.63, 3.8) is 0 Å². The first kappa shape index (κ1) is 17.1. The molecule has 2 saturated heterocycles. The second-order valence-electron chi connectivity index (χ2n) is 6.88. The average molecular weight is 373 g/mol. The number of rotatable bonds is 2. The molecule has 0 bridgehead atoms. The van der Waals surface area contributed by atoms with Crippen LogP contribution in [-0.2, 0) is 0 Å². The quantitative estimate of drug-likeness (QED) is 0.813. The first-order valence-electron chi connectivity index (χ1n) is 8.88. The topological polar surface area (TPSA) is 53.5 Å². The summed E-state index contributed by atoms with van der Waals surface area (Å²) in [6.45, 7) is 1.96. The van der Waals surface area contributed by atoms with Crippen LogP contribution in [-0.4, -0.2) is 52.3 Å². The van der Waals surface area contributed by atoms with E-state index in [1.165, 1.54) is 23.5 Å². The van der Waals surface area contributed by atoms with Gasteiger partial charge in [0.1, 0.15) is 10.7 Å². The molecule has 3 heterocycles. The molecule has 1 aromatic carbocycles. The fourth-order valence-electron chi connectivity index (χ4n) is 4.11. The number of carbonyl (C=O) groups excluding carboxylic acids is 2. The highest BCUT2D eigenvalue weighted by molar-refractivity contribution is 7.11. The van der Waals surface area contributed by atoms with E-state index in [1.807, 2.05) is 4.90 Å². The van der Waals surface area contributed by atoms with Crippen molar-refractivity contribution in [1.82, 2.24) is 14.8 Å². The molecule has 4 rings (SSSR count). The first-order chi connectivity index (χ1) is 12.6. The van der Waals surface area contributed by atoms with E-state index >= 15 is 0 Å². The van der Waals surface area contributed by atoms with E-state index in [9.17, 15) is 14.0 Å². The summed E-state index contributed by atoms with van der Waals surface area (Å²) in [7, 11) is 0. The number of aromatic nitrogens is 1. The predicted molar refractivity (Wildman–Crippen MR) is 96.6 cm³/mol. The third-order valence-corrected chi connectivity index (χ3v) is 6.09. The van der Waals surface area contributed by atoms with Crippen molar-refractivity contribution in [2.24, 2.45) is 5.92 Å². The van der Waals surface area contributed by atoms with Gasteiger partial charge in [-0.1, -0.05) is 6.07 Å². The van der Waals surface area contributed by atoms with E-state index in [0.717, 1.165) is 25.8 Å². The number of amides is 2. The highest BCUT2D eigenvalue weighted by atomic mass is 32.1. The summed E-state index contributed by atoms with van der Waals surface area (Å²) in [4.78, 5) is 33.9. The van der Waals surface area contributed by atoms with Crippen LogP contribution in [0.2, 0.25) is 0 Å². The number of benzene rings is 1. The number of hydrogen-bond acceptors (Lipinski definition) is 4. The second kappa shape index (κ2) is 7.15. The zero-order chi connectivity index (χ0) is 18.1. The SMILES string of the molecule is O=C(c1cccc(F)c1)N1CC[C@H]2[C@H](CCCN2C(=O)c2cncs2)C1. The fourth-order valence-corrected chi connectivity index (χ4v) is 4.68. The Hall–Kier alpha value is -2.28. The van der Waals surface area contributed by atoms with Crippen molar-refractivity contribution in [3.8, 4) is 0 Å². The van der Waals surface area contributed by atoms with Gasteiger partial charge in [0, 0.05) is 31.2 Å². The van der Waals surface area contributed by atoms with Gasteiger partial charge in [-0.05, 0) is 43.4 Å². The molecule has 2 amide bonds. The summed E-state index contributed by atoms with van der Waals surface area (Å²) in [6.07, 6.45) is 4.33. The Labute approximate surface area is 155 Å². The highest BCUT2D eigenvalue weighted by Crippen LogP contribution is 2.32. The summed E-state index contributed by atoms with van der Waals surface area (Å²) >= 11 is 1.37. The molecule has 5 nitrogen and oxygen atoms in total. The van der Waals surface area contributed by atoms with Crippen LogP contribution in [0.25, 0.3) is 0 Å². The minimum Gasteiger partial charge on any atom is -0.338 e. The molecular formula is C19H20FN3O2S. The van der Waals surface area contributed by atoms with Crippen LogP contribution in [0.1, 0.15) is 39.3 Å². The average Bonchev–Trinajstić information content (AvgIpc) is 3.20. The monoisotopic (exact) mass is 373 g/mol. The summed E-state index contributed by atoms with van der Waals surface area (Å²) in [6, 6.07) is 6.00. The summed E-state index contributed by atoms with van der Waals surface area (Å²) in [5, 5.41) is 0. The molecule has 2 aromatic rings. The number of carbonyl (C=O) groups is 2. The fraction of sp³-hybridized carbons (Fsp3) is 0.421. The van der Waals surface area contributed by atoms with Crippen LogP contribution in [0.3, 0.4) is 0 Å². The number of likely N-dealkylation sites (tertiary alicyclic amines) is 2. The van der Waals surface area contributed by atoms with Gasteiger partial charge in [-0.3, -0.25) is 14.6 Å². The molecule has 0 unspecified atom stereocenters. The molecule has 0 N–H and O–H groups in total. The van der Waals surface area contributed by atoms with Crippen molar-refractivity contribution in [1.29, 1.82) is 0 Å². The van der Waals surface area contributed by atoms with Crippen LogP contribution in [0.15, 0.2) is 36.0 Å². The van der Waals surface area contributed by atoms with Gasteiger partial charge in [0.05, 0.1) is 11.7 Å². The first-order valence-corrected chi connectivity index (χ1v) is 9.76. The number of hydrogen-bond donors (Lipinski definition) is 0. The number of halogens is 1. The molecular weight excluding hydrogens is 353 g/mol. The van der Waals surface area contributed by atoms with E-state index in [2.05, 4.69) is 4.98 Å². The van der Waals surface area contributed by atoms with Gasteiger partial charge in [0.2, 0.25) is 0 Å². The van der Waals surface area contributed by atoms with Crippen LogP contribution >= 0.6 is 11.3 Å². The maximum Gasteiger partial charge on any atom is 0.265 e. The second-order valence-corrected chi connectivity index (χ2v) is 7.77. The van der Waals surface area contributed by atoms with Gasteiger partial charge in [-0.15, -0.1) is 11.3 Å². The molecule has 7 heteroatoms. The Kier molecular flexibility index (Phi) is 4.72. The van der Waals surface area contributed by atoms with Gasteiger partial charge in [0.25, 0.3) is 11.8 Å². The van der Waals surface area contributed by atoms with Crippen molar-refractivity contribution < 1.29 is 14.0 Å². The van der Waals surface area contributed by atoms with E-state index in [1.54, 1.807) is 28.7 Å². The van der Waals surface area contributed by atoms with Gasteiger partial charge < -0.3 is 9.80 Å². The molecule has 0 spiro atoms. The lowest BCUT2D eigenvalue weighted by Gasteiger charge is -2.47. The molecule has 2 aliphatic heterocycles. The van der Waals surface area contributed by atoms with Gasteiger partial charge in [-0.2, -0.15) is 0 Å². The molecule has 0 saturated carbocycles. The van der Waals surface area contributed by atoms with Crippen molar-refractivity contribution in [2.75, 3.05) is 19.6 Å². The molecule has 0 aliphatic carbocycles. The maximum atomic E-state index is 13.4. The Morgan fingerprint density at radius 3 is 2.85 bits per heavy atom. The molecule has 1 aromatic heterocycles. The minimum absolute atomic E-state index is 0.0482. The number of fused-ring (bicyclic) bond motifs is 1. The molecule has 136 valence electrons. The number of piperidine rings is 2. The lowest BCUT2D eigenvalue weighted by molar-refractivity contribution is 0.0200. The van der Waals surface area contributed by atoms with Crippen LogP contribution in [0.5, 0.6) is 0 Å². The Morgan fingerprint density at radius 1 is 1.19 bits per heavy atom. The molecule has 0 radical (unpaired) electrons. The van der Waals surface area contributed by atoms with E-state index < -0.39 is 5.82 Å². The Bertz CT molecular complexity index is 811. The standard InChI is InChI=1S/C19H20FN3O2S/c20-15-5-1-3-13(9-15)18(24)22-8-6-16-14(11-22)4-2-7-23(16)19(25)17-10-21-12-26-17/h1,3,5,9-10,12,14,16H,2,4,6-8,11H2/t14-,16+/m1/s1. The summed E-state index contributed by atoms with van der Waals surface area (Å²) < 4.78 is 13.4. The molecule has 26 heavy (non-hydrogen) atoms. The lowest BCUT2D eigenvalue weighted by Crippen LogP contribution is -2.56. The minimum atomic E-state index is -0.398. The molecule has 2 atom stereocenters. The number of thiazole rings is 1. The Balaban J connectivity index is 1.47. The Morgan fingerprint density at radius 2 is 2.08 bits per heavy atom. The van der Waals surface area contributed by atoms with Crippen molar-refractivity contribution in [2.45, 2.75) is 25.3 Å². The maximum absolute atomic E-state index is 13.4. The van der Waals surface area contributed by atoms with Crippen molar-refractivity contribution >= 4 is 23.2 Å². The van der Waals surface area contributed by atoms with Crippen LogP contribution in [0.4, 0.5) is 4.39 Å². The lowest BCUT2D eigenvalue weighted by atomic mass is 9.83. The zero-order valence-corrected chi connectivity index (χ0v) is 15.1. The summed E-state index contributed by atoms with van der Waals surface area (Å²) in [5.41, 5.74) is 2.06. The van der Waals surface area contributed by atoms with Gasteiger partial charge >= 0.3 is 0 Å². The smallest absolute Gasteiger partial charge is 0.265 e. The number of nitrogens with zero attached hydrogens (tertiary/aromatic N) is 3. The van der Waals surface area contributed by atoms with Gasteiger partial charge in [-0.25, -0.2) is 4.39 Å². The largest absolute Gasteiger partial charge is 0.338 e. The molecule has 2 aliphatic rings. The highest BCUT2D eigenvalue weighted by Gasteiger charge is 2.39. The van der Waals surface area contributed by atoms with Crippen molar-refractivity contribution in [3.05, 3.63) is 52.2 Å². The normalized spacial score (nSPS) is 22.8.